The Morgan fingerprint density at radius 1 is 1.35 bits per heavy atom. The maximum Gasteiger partial charge on any atom is 0.264 e. The normalized spacial score (nSPS) is 24.3. The van der Waals surface area contributed by atoms with Gasteiger partial charge in [0.05, 0.1) is 11.1 Å². The van der Waals surface area contributed by atoms with E-state index >= 15 is 0 Å². The molecule has 2 aromatic rings. The molecule has 2 atom stereocenters. The second kappa shape index (κ2) is 5.76. The number of nitrogens with zero attached hydrogens (tertiary/aromatic N) is 4. The first-order chi connectivity index (χ1) is 11.1. The van der Waals surface area contributed by atoms with Gasteiger partial charge in [0.1, 0.15) is 0 Å². The van der Waals surface area contributed by atoms with Crippen LogP contribution in [-0.4, -0.2) is 50.7 Å². The Morgan fingerprint density at radius 2 is 2.17 bits per heavy atom. The predicted molar refractivity (Wildman–Crippen MR) is 90.5 cm³/mol. The first-order valence-corrected chi connectivity index (χ1v) is 9.08. The molecule has 1 amide bonds. The quantitative estimate of drug-likeness (QED) is 0.867. The first kappa shape index (κ1) is 14.9. The molecule has 23 heavy (non-hydrogen) atoms. The molecule has 2 saturated heterocycles. The summed E-state index contributed by atoms with van der Waals surface area (Å²) in [5.74, 6) is 0.230. The van der Waals surface area contributed by atoms with Crippen LogP contribution in [0.2, 0.25) is 0 Å². The molecule has 122 valence electrons. The molecule has 2 fully saturated rings. The van der Waals surface area contributed by atoms with Gasteiger partial charge < -0.3 is 4.90 Å². The van der Waals surface area contributed by atoms with E-state index in [0.717, 1.165) is 42.9 Å². The summed E-state index contributed by atoms with van der Waals surface area (Å²) in [6.45, 7) is 4.92. The van der Waals surface area contributed by atoms with Crippen LogP contribution in [0.1, 0.15) is 33.6 Å². The van der Waals surface area contributed by atoms with E-state index in [0.29, 0.717) is 12.1 Å². The summed E-state index contributed by atoms with van der Waals surface area (Å²) in [5, 5.41) is 6.27. The fourth-order valence-corrected chi connectivity index (χ4v) is 4.91. The Morgan fingerprint density at radius 3 is 2.87 bits per heavy atom. The Bertz CT molecular complexity index is 722. The van der Waals surface area contributed by atoms with Crippen molar-refractivity contribution in [1.29, 1.82) is 0 Å². The highest BCUT2D eigenvalue weighted by molar-refractivity contribution is 7.12. The maximum absolute atomic E-state index is 12.8. The number of carbonyl (C=O) groups excluding carboxylic acids is 1. The summed E-state index contributed by atoms with van der Waals surface area (Å²) in [6, 6.07) is 2.91. The lowest BCUT2D eigenvalue weighted by Crippen LogP contribution is -2.39. The van der Waals surface area contributed by atoms with Crippen molar-refractivity contribution < 1.29 is 4.79 Å². The van der Waals surface area contributed by atoms with Gasteiger partial charge in [-0.15, -0.1) is 11.3 Å². The number of hydrogen-bond donors (Lipinski definition) is 0. The summed E-state index contributed by atoms with van der Waals surface area (Å²) in [4.78, 5) is 18.4. The van der Waals surface area contributed by atoms with Gasteiger partial charge in [0.25, 0.3) is 5.91 Å². The van der Waals surface area contributed by atoms with Crippen molar-refractivity contribution in [2.24, 2.45) is 7.05 Å². The molecule has 0 aliphatic carbocycles. The lowest BCUT2D eigenvalue weighted by Gasteiger charge is -2.25. The second-order valence-electron chi connectivity index (χ2n) is 6.64. The summed E-state index contributed by atoms with van der Waals surface area (Å²) in [5.41, 5.74) is 2.36. The zero-order chi connectivity index (χ0) is 16.0. The molecule has 0 saturated carbocycles. The monoisotopic (exact) mass is 330 g/mol. The number of likely N-dealkylation sites (tertiary alicyclic amines) is 2. The third-order valence-corrected chi connectivity index (χ3v) is 6.16. The molecule has 0 N–H and O–H groups in total. The lowest BCUT2D eigenvalue weighted by atomic mass is 10.1. The van der Waals surface area contributed by atoms with Crippen molar-refractivity contribution in [3.8, 4) is 0 Å². The van der Waals surface area contributed by atoms with E-state index in [2.05, 4.69) is 21.1 Å². The van der Waals surface area contributed by atoms with Crippen molar-refractivity contribution in [3.63, 3.8) is 0 Å². The topological polar surface area (TPSA) is 41.4 Å². The van der Waals surface area contributed by atoms with Gasteiger partial charge in [-0.3, -0.25) is 14.4 Å². The van der Waals surface area contributed by atoms with Crippen LogP contribution in [0.5, 0.6) is 0 Å². The van der Waals surface area contributed by atoms with Crippen molar-refractivity contribution in [1.82, 2.24) is 19.6 Å². The third-order valence-electron chi connectivity index (χ3n) is 5.15. The van der Waals surface area contributed by atoms with Gasteiger partial charge >= 0.3 is 0 Å². The van der Waals surface area contributed by atoms with Crippen molar-refractivity contribution >= 4 is 17.2 Å². The number of rotatable bonds is 3. The van der Waals surface area contributed by atoms with Crippen LogP contribution in [0.25, 0.3) is 0 Å². The molecule has 2 aromatic heterocycles. The van der Waals surface area contributed by atoms with Crippen molar-refractivity contribution in [2.45, 2.75) is 38.4 Å². The molecule has 4 heterocycles. The van der Waals surface area contributed by atoms with Gasteiger partial charge in [-0.2, -0.15) is 5.10 Å². The van der Waals surface area contributed by atoms with Crippen molar-refractivity contribution in [3.05, 3.63) is 39.8 Å². The van der Waals surface area contributed by atoms with E-state index in [1.54, 1.807) is 11.3 Å². The van der Waals surface area contributed by atoms with E-state index < -0.39 is 0 Å². The number of aromatic nitrogens is 2. The van der Waals surface area contributed by atoms with E-state index in [9.17, 15) is 4.79 Å². The minimum absolute atomic E-state index is 0.230. The molecule has 2 aliphatic heterocycles. The highest BCUT2D eigenvalue weighted by Crippen LogP contribution is 2.34. The first-order valence-electron chi connectivity index (χ1n) is 8.20. The molecule has 0 radical (unpaired) electrons. The number of hydrogen-bond acceptors (Lipinski definition) is 4. The standard InChI is InChI=1S/C17H22N4OS/c1-12-5-8-23-16(12)17(22)21-7-4-14-15(21)3-6-20(14)11-13-9-18-19(2)10-13/h5,8-10,14-15H,3-4,6-7,11H2,1-2H3/t14-,15+/m0/s1. The molecule has 0 bridgehead atoms. The fraction of sp³-hybridized carbons (Fsp3) is 0.529. The zero-order valence-electron chi connectivity index (χ0n) is 13.6. The Hall–Kier alpha value is -1.66. The number of amides is 1. The SMILES string of the molecule is Cc1ccsc1C(=O)N1CC[C@H]2[C@H]1CCN2Cc1cnn(C)c1. The second-order valence-corrected chi connectivity index (χ2v) is 7.55. The Balaban J connectivity index is 1.47. The minimum atomic E-state index is 0.230. The van der Waals surface area contributed by atoms with E-state index in [4.69, 9.17) is 0 Å². The molecule has 4 rings (SSSR count). The minimum Gasteiger partial charge on any atom is -0.333 e. The smallest absolute Gasteiger partial charge is 0.264 e. The van der Waals surface area contributed by atoms with Crippen LogP contribution >= 0.6 is 11.3 Å². The number of aryl methyl sites for hydroxylation is 2. The maximum atomic E-state index is 12.8. The van der Waals surface area contributed by atoms with Crippen molar-refractivity contribution in [2.75, 3.05) is 13.1 Å². The van der Waals surface area contributed by atoms with E-state index in [1.165, 1.54) is 5.56 Å². The van der Waals surface area contributed by atoms with Gasteiger partial charge in [-0.25, -0.2) is 0 Å². The van der Waals surface area contributed by atoms with Gasteiger partial charge in [0.2, 0.25) is 0 Å². The Labute approximate surface area is 140 Å². The van der Waals surface area contributed by atoms with Gasteiger partial charge in [0.15, 0.2) is 0 Å². The predicted octanol–water partition coefficient (Wildman–Crippen LogP) is 2.28. The average Bonchev–Trinajstić information content (AvgIpc) is 3.26. The molecule has 0 aromatic carbocycles. The molecule has 5 nitrogen and oxygen atoms in total. The highest BCUT2D eigenvalue weighted by atomic mass is 32.1. The van der Waals surface area contributed by atoms with Crippen LogP contribution in [-0.2, 0) is 13.6 Å². The Kier molecular flexibility index (Phi) is 3.73. The lowest BCUT2D eigenvalue weighted by molar-refractivity contribution is 0.0736. The highest BCUT2D eigenvalue weighted by Gasteiger charge is 2.44. The summed E-state index contributed by atoms with van der Waals surface area (Å²) >= 11 is 1.57. The molecule has 2 aliphatic rings. The van der Waals surface area contributed by atoms with Crippen LogP contribution in [0, 0.1) is 6.92 Å². The van der Waals surface area contributed by atoms with E-state index in [1.807, 2.05) is 36.3 Å². The van der Waals surface area contributed by atoms with Crippen LogP contribution in [0.3, 0.4) is 0 Å². The largest absolute Gasteiger partial charge is 0.333 e. The van der Waals surface area contributed by atoms with E-state index in [-0.39, 0.29) is 5.91 Å². The zero-order valence-corrected chi connectivity index (χ0v) is 14.4. The average molecular weight is 330 g/mol. The number of fused-ring (bicyclic) bond motifs is 1. The third kappa shape index (κ3) is 2.60. The molecule has 0 unspecified atom stereocenters. The summed E-state index contributed by atoms with van der Waals surface area (Å²) < 4.78 is 1.85. The molecular weight excluding hydrogens is 308 g/mol. The summed E-state index contributed by atoms with van der Waals surface area (Å²) in [7, 11) is 1.95. The van der Waals surface area contributed by atoms with Gasteiger partial charge in [-0.1, -0.05) is 0 Å². The van der Waals surface area contributed by atoms with Gasteiger partial charge in [-0.05, 0) is 36.8 Å². The van der Waals surface area contributed by atoms with Crippen LogP contribution in [0.4, 0.5) is 0 Å². The molecule has 6 heteroatoms. The molecule has 0 spiro atoms. The fourth-order valence-electron chi connectivity index (χ4n) is 4.03. The molecular formula is C17H22N4OS. The van der Waals surface area contributed by atoms with Crippen LogP contribution < -0.4 is 0 Å². The van der Waals surface area contributed by atoms with Gasteiger partial charge in [0, 0.05) is 50.5 Å². The number of thiophene rings is 1. The summed E-state index contributed by atoms with van der Waals surface area (Å²) in [6.07, 6.45) is 6.20. The number of carbonyl (C=O) groups is 1. The van der Waals surface area contributed by atoms with Crippen LogP contribution in [0.15, 0.2) is 23.8 Å².